The smallest absolute Gasteiger partial charge is 0.250 e. The van der Waals surface area contributed by atoms with Crippen LogP contribution < -0.4 is 5.32 Å². The zero-order chi connectivity index (χ0) is 13.8. The Kier molecular flexibility index (Phi) is 5.54. The van der Waals surface area contributed by atoms with E-state index >= 15 is 0 Å². The van der Waals surface area contributed by atoms with Gasteiger partial charge in [-0.05, 0) is 32.1 Å². The number of halogens is 2. The molecule has 1 saturated heterocycles. The van der Waals surface area contributed by atoms with Crippen LogP contribution in [0.2, 0.25) is 0 Å². The Hall–Kier alpha value is -0.260. The molecule has 0 spiro atoms. The molecule has 1 heterocycles. The summed E-state index contributed by atoms with van der Waals surface area (Å²) in [4.78, 5) is 2.41. The Morgan fingerprint density at radius 1 is 1.26 bits per heavy atom. The maximum Gasteiger partial charge on any atom is 0.250 e. The van der Waals surface area contributed by atoms with Crippen molar-refractivity contribution in [2.24, 2.45) is 5.92 Å². The summed E-state index contributed by atoms with van der Waals surface area (Å²) in [5.74, 6) is 0.199. The highest BCUT2D eigenvalue weighted by atomic mass is 19.3. The van der Waals surface area contributed by atoms with Crippen LogP contribution in [0.3, 0.4) is 0 Å². The topological polar surface area (TPSA) is 35.5 Å². The number of likely N-dealkylation sites (tertiary alicyclic amines) is 1. The summed E-state index contributed by atoms with van der Waals surface area (Å²) < 4.78 is 24.6. The van der Waals surface area contributed by atoms with Gasteiger partial charge in [0.1, 0.15) is 0 Å². The lowest BCUT2D eigenvalue weighted by Gasteiger charge is -2.42. The molecule has 2 N–H and O–H groups in total. The summed E-state index contributed by atoms with van der Waals surface area (Å²) in [5, 5.41) is 12.8. The average molecular weight is 276 g/mol. The Morgan fingerprint density at radius 2 is 1.95 bits per heavy atom. The molecule has 0 radical (unpaired) electrons. The van der Waals surface area contributed by atoms with Gasteiger partial charge < -0.3 is 10.4 Å². The van der Waals surface area contributed by atoms with Gasteiger partial charge >= 0.3 is 0 Å². The van der Waals surface area contributed by atoms with Crippen molar-refractivity contribution in [3.8, 4) is 0 Å². The predicted octanol–water partition coefficient (Wildman–Crippen LogP) is 1.85. The van der Waals surface area contributed by atoms with Crippen molar-refractivity contribution in [2.45, 2.75) is 63.6 Å². The first-order chi connectivity index (χ1) is 9.06. The average Bonchev–Trinajstić information content (AvgIpc) is 2.89. The molecule has 0 aromatic carbocycles. The number of nitrogens with zero attached hydrogens (tertiary/aromatic N) is 1. The van der Waals surface area contributed by atoms with Crippen molar-refractivity contribution < 1.29 is 13.9 Å². The molecule has 0 aromatic rings. The fourth-order valence-corrected chi connectivity index (χ4v) is 3.49. The van der Waals surface area contributed by atoms with Gasteiger partial charge in [-0.15, -0.1) is 0 Å². The van der Waals surface area contributed by atoms with E-state index in [9.17, 15) is 13.9 Å². The number of alkyl halides is 2. The maximum absolute atomic E-state index is 12.3. The summed E-state index contributed by atoms with van der Waals surface area (Å²) in [6, 6.07) is 0.681. The normalized spacial score (nSPS) is 32.1. The summed E-state index contributed by atoms with van der Waals surface area (Å²) in [5.41, 5.74) is 0. The SMILES string of the molecule is CC(O)C1CC(NCC(F)F)CN(C2CCCC2)C1. The molecular weight excluding hydrogens is 250 g/mol. The molecule has 0 bridgehead atoms. The van der Waals surface area contributed by atoms with Gasteiger partial charge in [0.15, 0.2) is 0 Å². The van der Waals surface area contributed by atoms with Gasteiger partial charge in [0.05, 0.1) is 12.6 Å². The molecule has 0 aromatic heterocycles. The Balaban J connectivity index is 1.91. The number of hydrogen-bond acceptors (Lipinski definition) is 3. The third-order valence-corrected chi connectivity index (χ3v) is 4.60. The first-order valence-electron chi connectivity index (χ1n) is 7.50. The van der Waals surface area contributed by atoms with Crippen molar-refractivity contribution in [1.29, 1.82) is 0 Å². The van der Waals surface area contributed by atoms with Gasteiger partial charge in [0.25, 0.3) is 6.43 Å². The van der Waals surface area contributed by atoms with Crippen LogP contribution in [0.25, 0.3) is 0 Å². The zero-order valence-corrected chi connectivity index (χ0v) is 11.7. The molecule has 19 heavy (non-hydrogen) atoms. The van der Waals surface area contributed by atoms with Crippen LogP contribution in [-0.4, -0.2) is 54.3 Å². The van der Waals surface area contributed by atoms with E-state index < -0.39 is 6.43 Å². The lowest BCUT2D eigenvalue weighted by Crippen LogP contribution is -2.54. The van der Waals surface area contributed by atoms with Crippen molar-refractivity contribution >= 4 is 0 Å². The molecule has 2 aliphatic rings. The van der Waals surface area contributed by atoms with Gasteiger partial charge in [0.2, 0.25) is 0 Å². The minimum Gasteiger partial charge on any atom is -0.393 e. The van der Waals surface area contributed by atoms with Crippen LogP contribution in [-0.2, 0) is 0 Å². The number of aliphatic hydroxyl groups is 1. The lowest BCUT2D eigenvalue weighted by molar-refractivity contribution is 0.0263. The first-order valence-corrected chi connectivity index (χ1v) is 7.50. The highest BCUT2D eigenvalue weighted by Crippen LogP contribution is 2.29. The van der Waals surface area contributed by atoms with Gasteiger partial charge in [-0.25, -0.2) is 8.78 Å². The van der Waals surface area contributed by atoms with Gasteiger partial charge in [0, 0.05) is 25.2 Å². The van der Waals surface area contributed by atoms with E-state index in [2.05, 4.69) is 10.2 Å². The molecular formula is C14H26F2N2O. The van der Waals surface area contributed by atoms with Crippen LogP contribution in [0.4, 0.5) is 8.78 Å². The standard InChI is InChI=1S/C14H26F2N2O/c1-10(19)11-6-12(17-7-14(15)16)9-18(8-11)13-4-2-3-5-13/h10-14,17,19H,2-9H2,1H3. The lowest BCUT2D eigenvalue weighted by atomic mass is 9.89. The van der Waals surface area contributed by atoms with E-state index in [0.29, 0.717) is 6.04 Å². The fourth-order valence-electron chi connectivity index (χ4n) is 3.49. The monoisotopic (exact) mass is 276 g/mol. The van der Waals surface area contributed by atoms with Crippen LogP contribution in [0.15, 0.2) is 0 Å². The molecule has 1 saturated carbocycles. The Labute approximate surface area is 114 Å². The van der Waals surface area contributed by atoms with E-state index in [1.165, 1.54) is 25.7 Å². The number of hydrogen-bond donors (Lipinski definition) is 2. The van der Waals surface area contributed by atoms with Crippen molar-refractivity contribution in [1.82, 2.24) is 10.2 Å². The van der Waals surface area contributed by atoms with Gasteiger partial charge in [-0.2, -0.15) is 0 Å². The van der Waals surface area contributed by atoms with Crippen LogP contribution in [0.5, 0.6) is 0 Å². The van der Waals surface area contributed by atoms with Crippen molar-refractivity contribution in [2.75, 3.05) is 19.6 Å². The van der Waals surface area contributed by atoms with E-state index in [1.807, 2.05) is 6.92 Å². The Morgan fingerprint density at radius 3 is 2.53 bits per heavy atom. The largest absolute Gasteiger partial charge is 0.393 e. The van der Waals surface area contributed by atoms with E-state index in [4.69, 9.17) is 0 Å². The van der Waals surface area contributed by atoms with E-state index in [-0.39, 0.29) is 24.6 Å². The van der Waals surface area contributed by atoms with E-state index in [1.54, 1.807) is 0 Å². The molecule has 1 aliphatic carbocycles. The van der Waals surface area contributed by atoms with E-state index in [0.717, 1.165) is 19.5 Å². The Bertz CT molecular complexity index is 270. The van der Waals surface area contributed by atoms with Gasteiger partial charge in [-0.1, -0.05) is 12.8 Å². The van der Waals surface area contributed by atoms with Crippen LogP contribution >= 0.6 is 0 Å². The quantitative estimate of drug-likeness (QED) is 0.804. The molecule has 3 nitrogen and oxygen atoms in total. The summed E-state index contributed by atoms with van der Waals surface area (Å²) in [6.45, 7) is 3.33. The summed E-state index contributed by atoms with van der Waals surface area (Å²) >= 11 is 0. The van der Waals surface area contributed by atoms with Crippen LogP contribution in [0, 0.1) is 5.92 Å². The number of rotatable bonds is 5. The predicted molar refractivity (Wildman–Crippen MR) is 71.4 cm³/mol. The second kappa shape index (κ2) is 6.95. The fraction of sp³-hybridized carbons (Fsp3) is 1.00. The second-order valence-corrected chi connectivity index (χ2v) is 6.12. The number of nitrogens with one attached hydrogen (secondary N) is 1. The molecule has 1 aliphatic heterocycles. The van der Waals surface area contributed by atoms with Gasteiger partial charge in [-0.3, -0.25) is 4.90 Å². The molecule has 5 heteroatoms. The first kappa shape index (κ1) is 15.1. The van der Waals surface area contributed by atoms with Crippen LogP contribution in [0.1, 0.15) is 39.0 Å². The number of piperidine rings is 1. The summed E-state index contributed by atoms with van der Waals surface area (Å²) in [6.07, 6.45) is 3.12. The molecule has 112 valence electrons. The highest BCUT2D eigenvalue weighted by Gasteiger charge is 2.34. The number of aliphatic hydroxyl groups excluding tert-OH is 1. The molecule has 2 rings (SSSR count). The second-order valence-electron chi connectivity index (χ2n) is 6.12. The minimum absolute atomic E-state index is 0.0861. The molecule has 2 fully saturated rings. The molecule has 3 unspecified atom stereocenters. The zero-order valence-electron chi connectivity index (χ0n) is 11.7. The third kappa shape index (κ3) is 4.36. The molecule has 3 atom stereocenters. The molecule has 0 amide bonds. The highest BCUT2D eigenvalue weighted by molar-refractivity contribution is 4.90. The minimum atomic E-state index is -2.30. The summed E-state index contributed by atoms with van der Waals surface area (Å²) in [7, 11) is 0. The van der Waals surface area contributed by atoms with Crippen molar-refractivity contribution in [3.05, 3.63) is 0 Å². The van der Waals surface area contributed by atoms with Crippen molar-refractivity contribution in [3.63, 3.8) is 0 Å². The maximum atomic E-state index is 12.3. The third-order valence-electron chi connectivity index (χ3n) is 4.60.